The van der Waals surface area contributed by atoms with E-state index >= 15 is 0 Å². The first-order valence-corrected chi connectivity index (χ1v) is 27.4. The van der Waals surface area contributed by atoms with Crippen molar-refractivity contribution in [2.24, 2.45) is 0 Å². The molecule has 0 radical (unpaired) electrons. The first-order chi connectivity index (χ1) is 33.1. The van der Waals surface area contributed by atoms with Crippen molar-refractivity contribution < 1.29 is 71.4 Å². The minimum absolute atomic E-state index is 0.0444. The smallest absolute Gasteiger partial charge is 0.462 e. The molecule has 7 N–H and O–H groups in total. The molecule has 2 heterocycles. The quantitative estimate of drug-likeness (QED) is 0.0156. The first kappa shape index (κ1) is 61.5. The molecule has 0 bridgehead atoms. The second kappa shape index (κ2) is 36.4. The van der Waals surface area contributed by atoms with Gasteiger partial charge in [-0.2, -0.15) is 9.29 Å². The fraction of sp³-hybridized carbons (Fsp3) is 0.667. The van der Waals surface area contributed by atoms with Gasteiger partial charge in [-0.1, -0.05) is 120 Å². The van der Waals surface area contributed by atoms with E-state index in [0.29, 0.717) is 32.1 Å². The number of hydrogen-bond donors (Lipinski definition) is 6. The number of nitrogens with zero attached hydrogens (tertiary/aromatic N) is 2. The number of rotatable bonds is 39. The molecule has 1 fully saturated rings. The van der Waals surface area contributed by atoms with E-state index < -0.39 is 83.7 Å². The highest BCUT2D eigenvalue weighted by atomic mass is 31.3. The van der Waals surface area contributed by atoms with E-state index in [-0.39, 0.29) is 24.8 Å². The third kappa shape index (κ3) is 29.4. The molecule has 392 valence electrons. The lowest BCUT2D eigenvalue weighted by molar-refractivity contribution is -0.161. The molecule has 0 spiro atoms. The van der Waals surface area contributed by atoms with Crippen LogP contribution < -0.4 is 11.4 Å². The van der Waals surface area contributed by atoms with Crippen molar-refractivity contribution >= 4 is 33.4 Å². The summed E-state index contributed by atoms with van der Waals surface area (Å²) >= 11 is 0. The molecule has 19 nitrogen and oxygen atoms in total. The normalized spacial score (nSPS) is 20.3. The minimum Gasteiger partial charge on any atom is -0.462 e. The van der Waals surface area contributed by atoms with E-state index in [1.807, 2.05) is 43.4 Å². The molecular weight excluding hydrogens is 936 g/mol. The van der Waals surface area contributed by atoms with Crippen molar-refractivity contribution in [3.05, 3.63) is 83.5 Å². The number of hydrogen-bond acceptors (Lipinski definition) is 16. The third-order valence-corrected chi connectivity index (χ3v) is 13.2. The highest BCUT2D eigenvalue weighted by molar-refractivity contribution is 7.61. The van der Waals surface area contributed by atoms with Crippen LogP contribution in [-0.2, 0) is 46.3 Å². The molecule has 0 aromatic carbocycles. The molecule has 1 aromatic heterocycles. The molecule has 8 atom stereocenters. The lowest BCUT2D eigenvalue weighted by Crippen LogP contribution is -2.36. The van der Waals surface area contributed by atoms with Gasteiger partial charge >= 0.3 is 33.3 Å². The largest absolute Gasteiger partial charge is 0.481 e. The Kier molecular flexibility index (Phi) is 32.4. The van der Waals surface area contributed by atoms with E-state index in [1.54, 1.807) is 0 Å². The second-order valence-corrected chi connectivity index (χ2v) is 19.8. The van der Waals surface area contributed by atoms with Crippen LogP contribution in [0.3, 0.4) is 0 Å². The van der Waals surface area contributed by atoms with Gasteiger partial charge in [0.2, 0.25) is 0 Å². The Bertz CT molecular complexity index is 1910. The fourth-order valence-corrected chi connectivity index (χ4v) is 8.95. The van der Waals surface area contributed by atoms with Gasteiger partial charge in [-0.25, -0.2) is 13.9 Å². The Morgan fingerprint density at radius 3 is 1.97 bits per heavy atom. The Morgan fingerprint density at radius 2 is 1.32 bits per heavy atom. The van der Waals surface area contributed by atoms with Crippen LogP contribution in [0.15, 0.2) is 77.8 Å². The number of aliphatic hydroxyl groups is 3. The van der Waals surface area contributed by atoms with Crippen LogP contribution in [0.25, 0.3) is 0 Å². The maximum absolute atomic E-state index is 12.8. The first-order valence-electron chi connectivity index (χ1n) is 24.4. The highest BCUT2D eigenvalue weighted by Gasteiger charge is 2.46. The zero-order valence-corrected chi connectivity index (χ0v) is 42.2. The number of allylic oxidation sites excluding steroid dienone is 9. The molecule has 1 saturated heterocycles. The third-order valence-electron chi connectivity index (χ3n) is 10.6. The van der Waals surface area contributed by atoms with Crippen molar-refractivity contribution in [2.45, 2.75) is 185 Å². The van der Waals surface area contributed by atoms with Crippen LogP contribution in [0.2, 0.25) is 0 Å². The van der Waals surface area contributed by atoms with Gasteiger partial charge < -0.3 is 45.1 Å². The molecule has 21 heteroatoms. The summed E-state index contributed by atoms with van der Waals surface area (Å²) in [5, 5.41) is 30.6. The van der Waals surface area contributed by atoms with Gasteiger partial charge in [0.25, 0.3) is 0 Å². The molecule has 1 aliphatic rings. The van der Waals surface area contributed by atoms with Gasteiger partial charge in [-0.15, -0.1) is 0 Å². The van der Waals surface area contributed by atoms with Crippen molar-refractivity contribution in [3.8, 4) is 0 Å². The number of aliphatic hydroxyl groups excluding tert-OH is 3. The summed E-state index contributed by atoms with van der Waals surface area (Å²) in [6, 6.07) is 1.24. The van der Waals surface area contributed by atoms with Crippen LogP contribution in [0.1, 0.15) is 155 Å². The second-order valence-electron chi connectivity index (χ2n) is 16.8. The van der Waals surface area contributed by atoms with E-state index in [4.69, 9.17) is 29.0 Å². The molecule has 1 aromatic rings. The number of nitrogen functional groups attached to an aromatic ring is 1. The monoisotopic (exact) mass is 1020 g/mol. The standard InChI is InChI=1S/C48H79N3O16P2/c1-3-5-6-7-8-9-10-12-16-19-22-25-28-32-43(53)62-36-40(65-44(54)33-29-26-23-20-17-14-11-13-15-18-21-24-27-31-39(52)30-4-2)37-63-68(58,59)67-69(60,61)64-38-41-45(55)46(56)47(66-41)51-35-34-42(49)50-48(51)57/h9-11,14-15,18,20,23-24,27,34-35,39-41,45-47,52,55-56H,3-8,12-13,16-17,19,21-22,25-26,28-33,36-38H2,1-2H3,(H,58,59)(H,60,61)(H2,49,50,57)/b10-9-,14-11-,18-15-,23-20-,27-24-/t39?,40-,41-,45-,46-,47-/m1/s1. The van der Waals surface area contributed by atoms with Crippen molar-refractivity contribution in [2.75, 3.05) is 25.6 Å². The number of carbonyl (C=O) groups is 2. The molecule has 69 heavy (non-hydrogen) atoms. The number of esters is 2. The van der Waals surface area contributed by atoms with Crippen LogP contribution in [0.5, 0.6) is 0 Å². The predicted molar refractivity (Wildman–Crippen MR) is 262 cm³/mol. The number of aromatic nitrogens is 2. The Hall–Kier alpha value is -3.58. The highest BCUT2D eigenvalue weighted by Crippen LogP contribution is 2.60. The van der Waals surface area contributed by atoms with Crippen LogP contribution in [0, 0.1) is 0 Å². The molecule has 0 amide bonds. The summed E-state index contributed by atoms with van der Waals surface area (Å²) in [6.07, 6.45) is 30.9. The van der Waals surface area contributed by atoms with Gasteiger partial charge in [0.05, 0.1) is 19.3 Å². The number of ether oxygens (including phenoxy) is 3. The Morgan fingerprint density at radius 1 is 0.754 bits per heavy atom. The van der Waals surface area contributed by atoms with Gasteiger partial charge in [0, 0.05) is 19.0 Å². The SMILES string of the molecule is CCCCCC/C=C\CCCCCCCC(=O)OC[C@H](COP(=O)(O)OP(=O)(O)OC[C@H]1O[C@@H](n2ccc(N)nc2=O)[C@H](O)[C@@H]1O)OC(=O)CCC/C=C\C/C=C\C/C=C\C/C=C\CC(O)CCC. The summed E-state index contributed by atoms with van der Waals surface area (Å²) in [5.41, 5.74) is 4.57. The topological polar surface area (TPSA) is 286 Å². The maximum Gasteiger partial charge on any atom is 0.481 e. The van der Waals surface area contributed by atoms with Gasteiger partial charge in [0.15, 0.2) is 12.3 Å². The Balaban J connectivity index is 1.85. The number of phosphoric ester groups is 2. The van der Waals surface area contributed by atoms with Crippen molar-refractivity contribution in [1.29, 1.82) is 0 Å². The number of phosphoric acid groups is 2. The predicted octanol–water partition coefficient (Wildman–Crippen LogP) is 8.52. The van der Waals surface area contributed by atoms with Crippen molar-refractivity contribution in [3.63, 3.8) is 0 Å². The zero-order valence-electron chi connectivity index (χ0n) is 40.5. The summed E-state index contributed by atoms with van der Waals surface area (Å²) in [6.45, 7) is 1.86. The van der Waals surface area contributed by atoms with E-state index in [0.717, 1.165) is 75.0 Å². The van der Waals surface area contributed by atoms with Gasteiger partial charge in [0.1, 0.15) is 30.7 Å². The molecular formula is C48H79N3O16P2. The number of carbonyl (C=O) groups excluding carboxylic acids is 2. The number of nitrogens with two attached hydrogens (primary N) is 1. The molecule has 3 unspecified atom stereocenters. The van der Waals surface area contributed by atoms with Crippen LogP contribution >= 0.6 is 15.6 Å². The van der Waals surface area contributed by atoms with Gasteiger partial charge in [-0.3, -0.25) is 23.2 Å². The number of unbranched alkanes of at least 4 members (excludes halogenated alkanes) is 10. The molecule has 2 rings (SSSR count). The van der Waals surface area contributed by atoms with E-state index in [2.05, 4.69) is 40.5 Å². The summed E-state index contributed by atoms with van der Waals surface area (Å²) in [7, 11) is -10.9. The summed E-state index contributed by atoms with van der Waals surface area (Å²) in [4.78, 5) is 61.8. The zero-order chi connectivity index (χ0) is 50.8. The van der Waals surface area contributed by atoms with Crippen molar-refractivity contribution in [1.82, 2.24) is 9.55 Å². The van der Waals surface area contributed by atoms with E-state index in [9.17, 15) is 48.6 Å². The Labute approximate surface area is 407 Å². The lowest BCUT2D eigenvalue weighted by Gasteiger charge is -2.21. The van der Waals surface area contributed by atoms with Crippen LogP contribution in [0.4, 0.5) is 5.82 Å². The van der Waals surface area contributed by atoms with Crippen LogP contribution in [-0.4, -0.2) is 96.9 Å². The molecule has 0 aliphatic carbocycles. The molecule has 0 saturated carbocycles. The molecule has 1 aliphatic heterocycles. The maximum atomic E-state index is 12.8. The average molecular weight is 1020 g/mol. The number of anilines is 1. The minimum atomic E-state index is -5.44. The summed E-state index contributed by atoms with van der Waals surface area (Å²) < 4.78 is 56.6. The lowest BCUT2D eigenvalue weighted by atomic mass is 10.1. The van der Waals surface area contributed by atoms with E-state index in [1.165, 1.54) is 31.7 Å². The summed E-state index contributed by atoms with van der Waals surface area (Å²) in [5.74, 6) is -1.40. The average Bonchev–Trinajstić information content (AvgIpc) is 3.57. The van der Waals surface area contributed by atoms with Gasteiger partial charge in [-0.05, 0) is 83.1 Å². The fourth-order valence-electron chi connectivity index (χ4n) is 6.84.